The molecule has 1 saturated carbocycles. The highest BCUT2D eigenvalue weighted by Crippen LogP contribution is 2.33. The molecule has 1 fully saturated rings. The van der Waals surface area contributed by atoms with Crippen LogP contribution in [0.5, 0.6) is 0 Å². The van der Waals surface area contributed by atoms with E-state index < -0.39 is 0 Å². The monoisotopic (exact) mass is 294 g/mol. The minimum Gasteiger partial charge on any atom is -0.377 e. The maximum absolute atomic E-state index is 6.55. The Morgan fingerprint density at radius 2 is 1.95 bits per heavy atom. The first-order valence-electron chi connectivity index (χ1n) is 8.25. The summed E-state index contributed by atoms with van der Waals surface area (Å²) < 4.78 is 7.90. The van der Waals surface area contributed by atoms with E-state index in [9.17, 15) is 0 Å². The van der Waals surface area contributed by atoms with E-state index in [4.69, 9.17) is 10.5 Å². The van der Waals surface area contributed by atoms with Crippen LogP contribution in [0, 0.1) is 5.92 Å². The second-order valence-electron chi connectivity index (χ2n) is 6.75. The molecular formula is C16H30N4O. The normalized spacial score (nSPS) is 20.4. The maximum atomic E-state index is 6.55. The van der Waals surface area contributed by atoms with Gasteiger partial charge in [-0.1, -0.05) is 39.5 Å². The van der Waals surface area contributed by atoms with Gasteiger partial charge in [0.25, 0.3) is 0 Å². The number of hydrogen-bond acceptors (Lipinski definition) is 4. The Hall–Kier alpha value is -0.940. The van der Waals surface area contributed by atoms with Crippen molar-refractivity contribution >= 4 is 0 Å². The predicted molar refractivity (Wildman–Crippen MR) is 84.0 cm³/mol. The van der Waals surface area contributed by atoms with Crippen molar-refractivity contribution in [2.24, 2.45) is 11.7 Å². The quantitative estimate of drug-likeness (QED) is 0.819. The summed E-state index contributed by atoms with van der Waals surface area (Å²) in [5.41, 5.74) is 6.36. The average Bonchev–Trinajstić information content (AvgIpc) is 2.74. The number of nitrogens with two attached hydrogens (primary N) is 1. The van der Waals surface area contributed by atoms with Gasteiger partial charge in [0, 0.05) is 26.1 Å². The van der Waals surface area contributed by atoms with Crippen molar-refractivity contribution in [2.75, 3.05) is 7.11 Å². The lowest BCUT2D eigenvalue weighted by Gasteiger charge is -2.37. The van der Waals surface area contributed by atoms with Gasteiger partial charge in [0.2, 0.25) is 0 Å². The van der Waals surface area contributed by atoms with Crippen molar-refractivity contribution < 1.29 is 4.74 Å². The van der Waals surface area contributed by atoms with Crippen molar-refractivity contribution in [3.05, 3.63) is 12.2 Å². The van der Waals surface area contributed by atoms with E-state index in [1.807, 2.05) is 11.8 Å². The highest BCUT2D eigenvalue weighted by Gasteiger charge is 2.37. The van der Waals surface area contributed by atoms with Crippen molar-refractivity contribution in [1.29, 1.82) is 0 Å². The maximum Gasteiger partial charge on any atom is 0.138 e. The Bertz CT molecular complexity index is 422. The lowest BCUT2D eigenvalue weighted by Crippen LogP contribution is -2.50. The smallest absolute Gasteiger partial charge is 0.138 e. The largest absolute Gasteiger partial charge is 0.377 e. The van der Waals surface area contributed by atoms with E-state index in [0.29, 0.717) is 5.92 Å². The zero-order chi connectivity index (χ0) is 15.3. The van der Waals surface area contributed by atoms with E-state index in [0.717, 1.165) is 31.6 Å². The summed E-state index contributed by atoms with van der Waals surface area (Å²) in [6.07, 6.45) is 9.49. The molecule has 5 nitrogen and oxygen atoms in total. The third-order valence-corrected chi connectivity index (χ3v) is 4.67. The SMILES string of the molecule is COC1(C(N)Cc2ncnn2CC(C)C)CCCCCC1. The second-order valence-corrected chi connectivity index (χ2v) is 6.75. The topological polar surface area (TPSA) is 66.0 Å². The molecule has 1 aliphatic carbocycles. The fraction of sp³-hybridized carbons (Fsp3) is 0.875. The predicted octanol–water partition coefficient (Wildman–Crippen LogP) is 2.54. The van der Waals surface area contributed by atoms with Crippen LogP contribution < -0.4 is 5.73 Å². The molecule has 1 aromatic rings. The first-order valence-corrected chi connectivity index (χ1v) is 8.25. The Kier molecular flexibility index (Phi) is 5.76. The van der Waals surface area contributed by atoms with Crippen LogP contribution in [-0.4, -0.2) is 33.5 Å². The fourth-order valence-corrected chi connectivity index (χ4v) is 3.38. The Labute approximate surface area is 128 Å². The molecule has 0 aromatic carbocycles. The Morgan fingerprint density at radius 1 is 1.29 bits per heavy atom. The molecule has 2 N–H and O–H groups in total. The first-order chi connectivity index (χ1) is 10.1. The summed E-state index contributed by atoms with van der Waals surface area (Å²) in [5, 5.41) is 4.33. The van der Waals surface area contributed by atoms with Gasteiger partial charge in [-0.2, -0.15) is 5.10 Å². The van der Waals surface area contributed by atoms with Crippen LogP contribution in [0.4, 0.5) is 0 Å². The van der Waals surface area contributed by atoms with Crippen molar-refractivity contribution in [2.45, 2.75) is 77.0 Å². The number of methoxy groups -OCH3 is 1. The minimum absolute atomic E-state index is 0.0179. The molecule has 1 aliphatic rings. The first kappa shape index (κ1) is 16.4. The molecule has 0 amide bonds. The number of aromatic nitrogens is 3. The molecule has 0 radical (unpaired) electrons. The summed E-state index contributed by atoms with van der Waals surface area (Å²) in [6, 6.07) is -0.0179. The molecule has 5 heteroatoms. The Morgan fingerprint density at radius 3 is 2.52 bits per heavy atom. The van der Waals surface area contributed by atoms with Gasteiger partial charge in [-0.25, -0.2) is 9.67 Å². The van der Waals surface area contributed by atoms with E-state index in [1.165, 1.54) is 25.7 Å². The van der Waals surface area contributed by atoms with Gasteiger partial charge < -0.3 is 10.5 Å². The molecule has 0 spiro atoms. The van der Waals surface area contributed by atoms with E-state index in [1.54, 1.807) is 6.33 Å². The highest BCUT2D eigenvalue weighted by molar-refractivity contribution is 4.99. The molecule has 21 heavy (non-hydrogen) atoms. The summed E-state index contributed by atoms with van der Waals surface area (Å²) in [6.45, 7) is 5.27. The van der Waals surface area contributed by atoms with Gasteiger partial charge in [-0.15, -0.1) is 0 Å². The zero-order valence-corrected chi connectivity index (χ0v) is 13.7. The van der Waals surface area contributed by atoms with Crippen LogP contribution in [0.3, 0.4) is 0 Å². The van der Waals surface area contributed by atoms with Crippen LogP contribution in [0.15, 0.2) is 6.33 Å². The standard InChI is InChI=1S/C16H30N4O/c1-13(2)11-20-15(18-12-19-20)10-14(17)16(21-3)8-6-4-5-7-9-16/h12-14H,4-11,17H2,1-3H3. The lowest BCUT2D eigenvalue weighted by molar-refractivity contribution is -0.0436. The molecular weight excluding hydrogens is 264 g/mol. The van der Waals surface area contributed by atoms with E-state index in [2.05, 4.69) is 23.9 Å². The van der Waals surface area contributed by atoms with Gasteiger partial charge in [0.15, 0.2) is 0 Å². The number of ether oxygens (including phenoxy) is 1. The van der Waals surface area contributed by atoms with Crippen molar-refractivity contribution in [1.82, 2.24) is 14.8 Å². The van der Waals surface area contributed by atoms with Crippen molar-refractivity contribution in [3.63, 3.8) is 0 Å². The van der Waals surface area contributed by atoms with Crippen LogP contribution in [0.2, 0.25) is 0 Å². The zero-order valence-electron chi connectivity index (χ0n) is 13.7. The average molecular weight is 294 g/mol. The minimum atomic E-state index is -0.189. The molecule has 2 rings (SSSR count). The number of nitrogens with zero attached hydrogens (tertiary/aromatic N) is 3. The summed E-state index contributed by atoms with van der Waals surface area (Å²) in [7, 11) is 1.81. The van der Waals surface area contributed by atoms with Gasteiger partial charge in [0.1, 0.15) is 12.2 Å². The van der Waals surface area contributed by atoms with Gasteiger partial charge in [-0.05, 0) is 18.8 Å². The van der Waals surface area contributed by atoms with Gasteiger partial charge in [0.05, 0.1) is 5.60 Å². The molecule has 1 atom stereocenters. The highest BCUT2D eigenvalue weighted by atomic mass is 16.5. The lowest BCUT2D eigenvalue weighted by atomic mass is 9.84. The molecule has 1 aromatic heterocycles. The van der Waals surface area contributed by atoms with Crippen molar-refractivity contribution in [3.8, 4) is 0 Å². The fourth-order valence-electron chi connectivity index (χ4n) is 3.38. The molecule has 0 aliphatic heterocycles. The number of rotatable bonds is 6. The van der Waals surface area contributed by atoms with Gasteiger partial charge >= 0.3 is 0 Å². The van der Waals surface area contributed by atoms with Crippen LogP contribution in [-0.2, 0) is 17.7 Å². The summed E-state index contributed by atoms with van der Waals surface area (Å²) in [4.78, 5) is 4.41. The molecule has 0 saturated heterocycles. The van der Waals surface area contributed by atoms with Crippen LogP contribution in [0.25, 0.3) is 0 Å². The van der Waals surface area contributed by atoms with Crippen LogP contribution >= 0.6 is 0 Å². The molecule has 1 heterocycles. The second kappa shape index (κ2) is 7.36. The third-order valence-electron chi connectivity index (χ3n) is 4.67. The molecule has 120 valence electrons. The van der Waals surface area contributed by atoms with Gasteiger partial charge in [-0.3, -0.25) is 0 Å². The molecule has 1 unspecified atom stereocenters. The van der Waals surface area contributed by atoms with E-state index >= 15 is 0 Å². The number of hydrogen-bond donors (Lipinski definition) is 1. The summed E-state index contributed by atoms with van der Waals surface area (Å²) in [5.74, 6) is 1.54. The molecule has 0 bridgehead atoms. The van der Waals surface area contributed by atoms with Crippen LogP contribution in [0.1, 0.15) is 58.2 Å². The Balaban J connectivity index is 2.08. The van der Waals surface area contributed by atoms with E-state index in [-0.39, 0.29) is 11.6 Å². The third kappa shape index (κ3) is 4.04. The summed E-state index contributed by atoms with van der Waals surface area (Å²) >= 11 is 0.